The number of aliphatic carboxylic acids is 1. The maximum absolute atomic E-state index is 12.7. The fraction of sp³-hybridized carbons (Fsp3) is 0.400. The summed E-state index contributed by atoms with van der Waals surface area (Å²) < 4.78 is 25.1. The van der Waals surface area contributed by atoms with Crippen molar-refractivity contribution in [2.24, 2.45) is 10.9 Å². The third-order valence-corrected chi connectivity index (χ3v) is 1.57. The maximum atomic E-state index is 12.7. The largest absolute Gasteiger partial charge is 0.481 e. The molecule has 0 radical (unpaired) electrons. The molecule has 0 amide bonds. The van der Waals surface area contributed by atoms with Gasteiger partial charge in [-0.05, 0) is 13.0 Å². The first-order chi connectivity index (χ1) is 6.84. The van der Waals surface area contributed by atoms with Gasteiger partial charge < -0.3 is 5.11 Å². The molecule has 1 unspecified atom stereocenters. The van der Waals surface area contributed by atoms with Crippen LogP contribution in [0.1, 0.15) is 13.8 Å². The molecule has 0 rings (SSSR count). The SMILES string of the molecule is C=C(F)C(/C=C(\C)F)=NCC(C)C(=O)O. The highest BCUT2D eigenvalue weighted by Crippen LogP contribution is 2.05. The van der Waals surface area contributed by atoms with Crippen molar-refractivity contribution >= 4 is 11.7 Å². The molecule has 1 atom stereocenters. The van der Waals surface area contributed by atoms with Gasteiger partial charge in [0.05, 0.1) is 24.0 Å². The Morgan fingerprint density at radius 2 is 2.13 bits per heavy atom. The Bertz CT molecular complexity index is 317. The quantitative estimate of drug-likeness (QED) is 0.719. The van der Waals surface area contributed by atoms with Crippen LogP contribution in [0.25, 0.3) is 0 Å². The van der Waals surface area contributed by atoms with Gasteiger partial charge >= 0.3 is 5.97 Å². The molecule has 0 bridgehead atoms. The second-order valence-electron chi connectivity index (χ2n) is 3.10. The van der Waals surface area contributed by atoms with Gasteiger partial charge in [0, 0.05) is 0 Å². The van der Waals surface area contributed by atoms with Crippen LogP contribution in [-0.4, -0.2) is 23.3 Å². The molecule has 0 aromatic heterocycles. The van der Waals surface area contributed by atoms with Crippen molar-refractivity contribution in [3.05, 3.63) is 24.3 Å². The van der Waals surface area contributed by atoms with E-state index < -0.39 is 23.5 Å². The lowest BCUT2D eigenvalue weighted by atomic mass is 10.2. The van der Waals surface area contributed by atoms with E-state index in [-0.39, 0.29) is 12.3 Å². The molecule has 15 heavy (non-hydrogen) atoms. The summed E-state index contributed by atoms with van der Waals surface area (Å²) in [6.45, 7) is 5.43. The number of halogens is 2. The number of carboxylic acids is 1. The van der Waals surface area contributed by atoms with E-state index in [2.05, 4.69) is 11.6 Å². The molecule has 0 saturated heterocycles. The molecule has 0 aromatic carbocycles. The van der Waals surface area contributed by atoms with Crippen LogP contribution in [0.3, 0.4) is 0 Å². The number of rotatable bonds is 5. The summed E-state index contributed by atoms with van der Waals surface area (Å²) in [6, 6.07) is 0. The van der Waals surface area contributed by atoms with Gasteiger partial charge in [-0.15, -0.1) is 0 Å². The van der Waals surface area contributed by atoms with Gasteiger partial charge in [-0.2, -0.15) is 0 Å². The van der Waals surface area contributed by atoms with Crippen LogP contribution in [0.15, 0.2) is 29.3 Å². The van der Waals surface area contributed by atoms with Crippen LogP contribution in [0.4, 0.5) is 8.78 Å². The summed E-state index contributed by atoms with van der Waals surface area (Å²) in [5.41, 5.74) is -0.261. The van der Waals surface area contributed by atoms with Gasteiger partial charge in [0.2, 0.25) is 0 Å². The standard InChI is InChI=1S/C10H13F2NO2/c1-6(10(14)15)5-13-9(8(3)12)4-7(2)11/h4,6H,3,5H2,1-2H3,(H,14,15)/b7-4+,13-9?. The third-order valence-electron chi connectivity index (χ3n) is 1.57. The van der Waals surface area contributed by atoms with Gasteiger partial charge in [0.15, 0.2) is 0 Å². The Labute approximate surface area is 86.8 Å². The van der Waals surface area contributed by atoms with Crippen LogP contribution >= 0.6 is 0 Å². The molecule has 0 aliphatic rings. The van der Waals surface area contributed by atoms with Crippen molar-refractivity contribution < 1.29 is 18.7 Å². The smallest absolute Gasteiger partial charge is 0.308 e. The predicted octanol–water partition coefficient (Wildman–Crippen LogP) is 2.50. The average Bonchev–Trinajstić information content (AvgIpc) is 2.10. The first-order valence-corrected chi connectivity index (χ1v) is 4.30. The van der Waals surface area contributed by atoms with Crippen LogP contribution in [0.2, 0.25) is 0 Å². The highest BCUT2D eigenvalue weighted by Gasteiger charge is 2.10. The lowest BCUT2D eigenvalue weighted by molar-refractivity contribution is -0.140. The van der Waals surface area contributed by atoms with E-state index in [0.29, 0.717) is 0 Å². The second-order valence-corrected chi connectivity index (χ2v) is 3.10. The molecule has 0 aromatic rings. The van der Waals surface area contributed by atoms with Gasteiger partial charge in [-0.25, -0.2) is 8.78 Å². The zero-order valence-corrected chi connectivity index (χ0v) is 8.63. The Hall–Kier alpha value is -1.52. The van der Waals surface area contributed by atoms with Crippen LogP contribution < -0.4 is 0 Å². The van der Waals surface area contributed by atoms with Crippen molar-refractivity contribution in [2.45, 2.75) is 13.8 Å². The molecule has 0 heterocycles. The Kier molecular flexibility index (Phi) is 5.44. The Morgan fingerprint density at radius 1 is 1.60 bits per heavy atom. The van der Waals surface area contributed by atoms with Gasteiger partial charge in [0.25, 0.3) is 0 Å². The first kappa shape index (κ1) is 13.5. The van der Waals surface area contributed by atoms with E-state index >= 15 is 0 Å². The summed E-state index contributed by atoms with van der Waals surface area (Å²) >= 11 is 0. The van der Waals surface area contributed by atoms with Crippen molar-refractivity contribution in [1.29, 1.82) is 0 Å². The molecule has 5 heteroatoms. The zero-order chi connectivity index (χ0) is 12.0. The molecule has 1 N–H and O–H groups in total. The Morgan fingerprint density at radius 3 is 2.47 bits per heavy atom. The minimum absolute atomic E-state index is 0.114. The summed E-state index contributed by atoms with van der Waals surface area (Å²) in [4.78, 5) is 14.1. The van der Waals surface area contributed by atoms with E-state index in [1.54, 1.807) is 0 Å². The lowest BCUT2D eigenvalue weighted by Gasteiger charge is -2.02. The van der Waals surface area contributed by atoms with Crippen molar-refractivity contribution in [2.75, 3.05) is 6.54 Å². The van der Waals surface area contributed by atoms with E-state index in [4.69, 9.17) is 5.11 Å². The van der Waals surface area contributed by atoms with Gasteiger partial charge in [0.1, 0.15) is 5.83 Å². The number of carboxylic acid groups (broad SMARTS) is 1. The molecule has 0 aliphatic carbocycles. The van der Waals surface area contributed by atoms with E-state index in [0.717, 1.165) is 13.0 Å². The first-order valence-electron chi connectivity index (χ1n) is 4.30. The third kappa shape index (κ3) is 5.72. The summed E-state index contributed by atoms with van der Waals surface area (Å²) in [5.74, 6) is -3.28. The molecule has 84 valence electrons. The molecular weight excluding hydrogens is 204 g/mol. The normalized spacial score (nSPS) is 14.9. The molecule has 0 aliphatic heterocycles. The average molecular weight is 217 g/mol. The highest BCUT2D eigenvalue weighted by molar-refractivity contribution is 6.06. The van der Waals surface area contributed by atoms with Crippen LogP contribution in [-0.2, 0) is 4.79 Å². The predicted molar refractivity (Wildman–Crippen MR) is 54.2 cm³/mol. The number of hydrogen-bond acceptors (Lipinski definition) is 2. The number of carbonyl (C=O) groups is 1. The number of nitrogens with zero attached hydrogens (tertiary/aromatic N) is 1. The van der Waals surface area contributed by atoms with Crippen molar-refractivity contribution in [1.82, 2.24) is 0 Å². The van der Waals surface area contributed by atoms with E-state index in [1.165, 1.54) is 6.92 Å². The Balaban J connectivity index is 4.65. The summed E-state index contributed by atoms with van der Waals surface area (Å²) in [7, 11) is 0. The van der Waals surface area contributed by atoms with Gasteiger partial charge in [-0.1, -0.05) is 13.5 Å². The summed E-state index contributed by atoms with van der Waals surface area (Å²) in [5, 5.41) is 8.54. The van der Waals surface area contributed by atoms with E-state index in [1.807, 2.05) is 0 Å². The molecule has 0 fully saturated rings. The fourth-order valence-corrected chi connectivity index (χ4v) is 0.711. The molecular formula is C10H13F2NO2. The number of allylic oxidation sites excluding steroid dienone is 3. The topological polar surface area (TPSA) is 49.7 Å². The van der Waals surface area contributed by atoms with E-state index in [9.17, 15) is 13.6 Å². The molecule has 0 saturated carbocycles. The summed E-state index contributed by atoms with van der Waals surface area (Å²) in [6.07, 6.45) is 0.872. The number of aliphatic imine (C=N–C) groups is 1. The number of hydrogen-bond donors (Lipinski definition) is 1. The fourth-order valence-electron chi connectivity index (χ4n) is 0.711. The molecule has 0 spiro atoms. The minimum Gasteiger partial charge on any atom is -0.481 e. The highest BCUT2D eigenvalue weighted by atomic mass is 19.1. The van der Waals surface area contributed by atoms with Gasteiger partial charge in [-0.3, -0.25) is 9.79 Å². The van der Waals surface area contributed by atoms with Crippen molar-refractivity contribution in [3.63, 3.8) is 0 Å². The van der Waals surface area contributed by atoms with Crippen LogP contribution in [0, 0.1) is 5.92 Å². The van der Waals surface area contributed by atoms with Crippen LogP contribution in [0.5, 0.6) is 0 Å². The minimum atomic E-state index is -1.04. The zero-order valence-electron chi connectivity index (χ0n) is 8.63. The maximum Gasteiger partial charge on any atom is 0.308 e. The monoisotopic (exact) mass is 217 g/mol. The second kappa shape index (κ2) is 6.06. The van der Waals surface area contributed by atoms with Crippen molar-refractivity contribution in [3.8, 4) is 0 Å². The lowest BCUT2D eigenvalue weighted by Crippen LogP contribution is -2.13. The molecule has 3 nitrogen and oxygen atoms in total.